The number of amides is 2. The van der Waals surface area contributed by atoms with Gasteiger partial charge in [0.25, 0.3) is 0 Å². The predicted octanol–water partition coefficient (Wildman–Crippen LogP) is -0.750. The first-order valence-corrected chi connectivity index (χ1v) is 4.86. The van der Waals surface area contributed by atoms with E-state index in [-0.39, 0.29) is 17.9 Å². The lowest BCUT2D eigenvalue weighted by atomic mass is 9.75. The molecular formula is C9H17N3O2. The zero-order valence-electron chi connectivity index (χ0n) is 8.21. The first kappa shape index (κ1) is 11.0. The molecule has 0 heterocycles. The highest BCUT2D eigenvalue weighted by Crippen LogP contribution is 2.31. The standard InChI is InChI=1S/C9H17N3O2/c10-7(13)2-5-12-8(14)6-9(11)3-1-4-9/h1-6,11H2,(H2,10,13)(H,12,14). The Labute approximate surface area is 83.2 Å². The highest BCUT2D eigenvalue weighted by Gasteiger charge is 2.34. The molecule has 0 aromatic heterocycles. The number of hydrogen-bond acceptors (Lipinski definition) is 3. The Morgan fingerprint density at radius 1 is 1.36 bits per heavy atom. The van der Waals surface area contributed by atoms with E-state index >= 15 is 0 Å². The summed E-state index contributed by atoms with van der Waals surface area (Å²) in [4.78, 5) is 21.7. The van der Waals surface area contributed by atoms with E-state index in [9.17, 15) is 9.59 Å². The Balaban J connectivity index is 2.13. The van der Waals surface area contributed by atoms with Gasteiger partial charge in [0.1, 0.15) is 0 Å². The number of nitrogens with two attached hydrogens (primary N) is 2. The van der Waals surface area contributed by atoms with Crippen molar-refractivity contribution in [2.45, 2.75) is 37.6 Å². The van der Waals surface area contributed by atoms with Crippen LogP contribution in [0.2, 0.25) is 0 Å². The summed E-state index contributed by atoms with van der Waals surface area (Å²) in [6.07, 6.45) is 3.46. The average Bonchev–Trinajstić information content (AvgIpc) is 2.00. The van der Waals surface area contributed by atoms with Gasteiger partial charge in [-0.15, -0.1) is 0 Å². The van der Waals surface area contributed by atoms with E-state index in [0.29, 0.717) is 13.0 Å². The van der Waals surface area contributed by atoms with Gasteiger partial charge < -0.3 is 16.8 Å². The molecule has 0 saturated heterocycles. The van der Waals surface area contributed by atoms with E-state index in [1.54, 1.807) is 0 Å². The van der Waals surface area contributed by atoms with Crippen LogP contribution in [0.1, 0.15) is 32.1 Å². The Morgan fingerprint density at radius 3 is 2.43 bits per heavy atom. The number of primary amides is 1. The summed E-state index contributed by atoms with van der Waals surface area (Å²) in [5.41, 5.74) is 10.5. The van der Waals surface area contributed by atoms with Crippen LogP contribution in [-0.4, -0.2) is 23.9 Å². The van der Waals surface area contributed by atoms with Gasteiger partial charge in [-0.05, 0) is 19.3 Å². The molecule has 2 amide bonds. The van der Waals surface area contributed by atoms with Crippen molar-refractivity contribution in [1.29, 1.82) is 0 Å². The lowest BCUT2D eigenvalue weighted by Crippen LogP contribution is -2.50. The number of carbonyl (C=O) groups is 2. The molecule has 14 heavy (non-hydrogen) atoms. The van der Waals surface area contributed by atoms with Crippen molar-refractivity contribution >= 4 is 11.8 Å². The number of hydrogen-bond donors (Lipinski definition) is 3. The Morgan fingerprint density at radius 2 is 2.00 bits per heavy atom. The Hall–Kier alpha value is -1.10. The minimum atomic E-state index is -0.406. The van der Waals surface area contributed by atoms with Gasteiger partial charge in [0, 0.05) is 24.9 Å². The Bertz CT molecular complexity index is 236. The molecule has 1 saturated carbocycles. The molecule has 80 valence electrons. The molecule has 0 spiro atoms. The monoisotopic (exact) mass is 199 g/mol. The molecule has 5 nitrogen and oxygen atoms in total. The summed E-state index contributed by atoms with van der Waals surface area (Å²) in [6.45, 7) is 0.310. The van der Waals surface area contributed by atoms with Gasteiger partial charge in [-0.3, -0.25) is 9.59 Å². The molecule has 5 heteroatoms. The first-order valence-electron chi connectivity index (χ1n) is 4.86. The van der Waals surface area contributed by atoms with Gasteiger partial charge in [0.05, 0.1) is 0 Å². The predicted molar refractivity (Wildman–Crippen MR) is 52.2 cm³/mol. The fourth-order valence-corrected chi connectivity index (χ4v) is 1.52. The zero-order chi connectivity index (χ0) is 10.6. The van der Waals surface area contributed by atoms with Crippen molar-refractivity contribution in [3.8, 4) is 0 Å². The quantitative estimate of drug-likeness (QED) is 0.543. The molecule has 0 atom stereocenters. The van der Waals surface area contributed by atoms with Gasteiger partial charge >= 0.3 is 0 Å². The van der Waals surface area contributed by atoms with Crippen LogP contribution in [0.5, 0.6) is 0 Å². The van der Waals surface area contributed by atoms with Gasteiger partial charge in [-0.2, -0.15) is 0 Å². The number of rotatable bonds is 5. The third-order valence-electron chi connectivity index (χ3n) is 2.56. The lowest BCUT2D eigenvalue weighted by Gasteiger charge is -2.37. The summed E-state index contributed by atoms with van der Waals surface area (Å²) in [5.74, 6) is -0.496. The maximum Gasteiger partial charge on any atom is 0.221 e. The van der Waals surface area contributed by atoms with Crippen LogP contribution in [0.15, 0.2) is 0 Å². The molecule has 0 unspecified atom stereocenters. The van der Waals surface area contributed by atoms with E-state index in [1.807, 2.05) is 0 Å². The van der Waals surface area contributed by atoms with Gasteiger partial charge in [-0.1, -0.05) is 0 Å². The van der Waals surface area contributed by atoms with Crippen LogP contribution in [0.25, 0.3) is 0 Å². The summed E-state index contributed by atoms with van der Waals surface area (Å²) < 4.78 is 0. The van der Waals surface area contributed by atoms with Crippen molar-refractivity contribution in [3.05, 3.63) is 0 Å². The summed E-state index contributed by atoms with van der Waals surface area (Å²) in [5, 5.41) is 2.62. The molecule has 0 bridgehead atoms. The largest absolute Gasteiger partial charge is 0.370 e. The maximum atomic E-state index is 11.3. The van der Waals surface area contributed by atoms with E-state index in [4.69, 9.17) is 11.5 Å². The van der Waals surface area contributed by atoms with E-state index < -0.39 is 5.91 Å². The van der Waals surface area contributed by atoms with Gasteiger partial charge in [-0.25, -0.2) is 0 Å². The maximum absolute atomic E-state index is 11.3. The SMILES string of the molecule is NC(=O)CCNC(=O)CC1(N)CCC1. The first-order chi connectivity index (χ1) is 6.52. The molecule has 1 aliphatic rings. The van der Waals surface area contributed by atoms with Gasteiger partial charge in [0.15, 0.2) is 0 Å². The van der Waals surface area contributed by atoms with Crippen LogP contribution >= 0.6 is 0 Å². The molecule has 5 N–H and O–H groups in total. The normalized spacial score (nSPS) is 18.4. The fraction of sp³-hybridized carbons (Fsp3) is 0.778. The van der Waals surface area contributed by atoms with E-state index in [2.05, 4.69) is 5.32 Å². The minimum absolute atomic E-state index is 0.0894. The molecular weight excluding hydrogens is 182 g/mol. The van der Waals surface area contributed by atoms with Crippen molar-refractivity contribution in [1.82, 2.24) is 5.32 Å². The summed E-state index contributed by atoms with van der Waals surface area (Å²) in [6, 6.07) is 0. The van der Waals surface area contributed by atoms with Crippen molar-refractivity contribution in [2.75, 3.05) is 6.54 Å². The third-order valence-corrected chi connectivity index (χ3v) is 2.56. The summed E-state index contributed by atoms with van der Waals surface area (Å²) >= 11 is 0. The minimum Gasteiger partial charge on any atom is -0.370 e. The molecule has 0 aromatic rings. The molecule has 0 aromatic carbocycles. The molecule has 1 rings (SSSR count). The zero-order valence-corrected chi connectivity index (χ0v) is 8.21. The van der Waals surface area contributed by atoms with Gasteiger partial charge in [0.2, 0.25) is 11.8 Å². The highest BCUT2D eigenvalue weighted by atomic mass is 16.2. The van der Waals surface area contributed by atoms with Crippen LogP contribution < -0.4 is 16.8 Å². The average molecular weight is 199 g/mol. The second-order valence-corrected chi connectivity index (χ2v) is 3.96. The number of carbonyl (C=O) groups excluding carboxylic acids is 2. The molecule has 1 fully saturated rings. The lowest BCUT2D eigenvalue weighted by molar-refractivity contribution is -0.123. The molecule has 0 radical (unpaired) electrons. The van der Waals surface area contributed by atoms with Crippen LogP contribution in [-0.2, 0) is 9.59 Å². The second kappa shape index (κ2) is 4.41. The van der Waals surface area contributed by atoms with Crippen LogP contribution in [0, 0.1) is 0 Å². The molecule has 0 aliphatic heterocycles. The van der Waals surface area contributed by atoms with Crippen molar-refractivity contribution in [3.63, 3.8) is 0 Å². The molecule has 1 aliphatic carbocycles. The van der Waals surface area contributed by atoms with E-state index in [0.717, 1.165) is 19.3 Å². The van der Waals surface area contributed by atoms with Crippen LogP contribution in [0.3, 0.4) is 0 Å². The Kier molecular flexibility index (Phi) is 3.46. The van der Waals surface area contributed by atoms with Crippen molar-refractivity contribution < 1.29 is 9.59 Å². The number of nitrogens with one attached hydrogen (secondary N) is 1. The third kappa shape index (κ3) is 3.33. The highest BCUT2D eigenvalue weighted by molar-refractivity contribution is 5.79. The summed E-state index contributed by atoms with van der Waals surface area (Å²) in [7, 11) is 0. The topological polar surface area (TPSA) is 98.2 Å². The van der Waals surface area contributed by atoms with Crippen molar-refractivity contribution in [2.24, 2.45) is 11.5 Å². The van der Waals surface area contributed by atoms with Crippen LogP contribution in [0.4, 0.5) is 0 Å². The smallest absolute Gasteiger partial charge is 0.221 e. The second-order valence-electron chi connectivity index (χ2n) is 3.96. The van der Waals surface area contributed by atoms with E-state index in [1.165, 1.54) is 0 Å². The fourth-order valence-electron chi connectivity index (χ4n) is 1.52.